The van der Waals surface area contributed by atoms with Crippen molar-refractivity contribution >= 4 is 30.3 Å². The van der Waals surface area contributed by atoms with Crippen molar-refractivity contribution in [3.8, 4) is 0 Å². The highest BCUT2D eigenvalue weighted by Gasteiger charge is 2.28. The molecule has 0 radical (unpaired) electrons. The maximum Gasteiger partial charge on any atom is 0.286 e. The van der Waals surface area contributed by atoms with Crippen LogP contribution in [0.4, 0.5) is 4.39 Å². The lowest BCUT2D eigenvalue weighted by atomic mass is 10.1. The fourth-order valence-electron chi connectivity index (χ4n) is 2.11. The number of benzene rings is 1. The number of rotatable bonds is 8. The molecule has 0 bridgehead atoms. The molecule has 1 amide bonds. The first kappa shape index (κ1) is 22.1. The largest absolute Gasteiger partial charge is 0.374 e. The molecule has 1 aromatic rings. The zero-order chi connectivity index (χ0) is 19.7. The van der Waals surface area contributed by atoms with E-state index in [1.165, 1.54) is 5.01 Å². The number of hydrogen-bond donors (Lipinski definition) is 0. The van der Waals surface area contributed by atoms with Gasteiger partial charge >= 0.3 is 0 Å². The summed E-state index contributed by atoms with van der Waals surface area (Å²) in [6, 6.07) is 7.65. The number of carbonyl (C=O) groups excluding carboxylic acids is 1. The summed E-state index contributed by atoms with van der Waals surface area (Å²) in [7, 11) is 0. The zero-order valence-electron chi connectivity index (χ0n) is 15.8. The smallest absolute Gasteiger partial charge is 0.286 e. The van der Waals surface area contributed by atoms with E-state index in [0.29, 0.717) is 12.2 Å². The fourth-order valence-corrected chi connectivity index (χ4v) is 2.25. The molecule has 0 saturated heterocycles. The summed E-state index contributed by atoms with van der Waals surface area (Å²) < 4.78 is 17.2. The molecule has 0 N–H and O–H groups in total. The molecule has 1 rings (SSSR count). The Hall–Kier alpha value is -1.98. The van der Waals surface area contributed by atoms with Crippen molar-refractivity contribution in [3.05, 3.63) is 52.1 Å². The zero-order valence-corrected chi connectivity index (χ0v) is 16.5. The molecule has 1 aromatic carbocycles. The molecule has 0 spiro atoms. The second-order valence-corrected chi connectivity index (χ2v) is 7.12. The summed E-state index contributed by atoms with van der Waals surface area (Å²) >= 11 is 6.23. The Morgan fingerprint density at radius 1 is 1.35 bits per heavy atom. The molecular formula is C20H26ClFN2O2. The highest BCUT2D eigenvalue weighted by atomic mass is 35.5. The van der Waals surface area contributed by atoms with Crippen molar-refractivity contribution in [2.75, 3.05) is 13.3 Å². The molecular weight excluding hydrogens is 355 g/mol. The lowest BCUT2D eigenvalue weighted by Gasteiger charge is -2.30. The van der Waals surface area contributed by atoms with E-state index in [1.54, 1.807) is 13.0 Å². The topological polar surface area (TPSA) is 41.9 Å². The monoisotopic (exact) mass is 380 g/mol. The Balaban J connectivity index is 2.84. The molecule has 0 aliphatic heterocycles. The molecule has 0 unspecified atom stereocenters. The van der Waals surface area contributed by atoms with Gasteiger partial charge in [0.15, 0.2) is 0 Å². The lowest BCUT2D eigenvalue weighted by molar-refractivity contribution is -0.131. The number of ether oxygens (including phenoxy) is 1. The molecule has 0 fully saturated rings. The van der Waals surface area contributed by atoms with Crippen molar-refractivity contribution in [3.63, 3.8) is 0 Å². The summed E-state index contributed by atoms with van der Waals surface area (Å²) in [5.74, 6) is -0.392. The van der Waals surface area contributed by atoms with Gasteiger partial charge in [-0.3, -0.25) is 4.79 Å². The number of alkyl halides is 1. The van der Waals surface area contributed by atoms with E-state index < -0.39 is 18.1 Å². The van der Waals surface area contributed by atoms with Gasteiger partial charge in [-0.25, -0.2) is 9.40 Å². The van der Waals surface area contributed by atoms with Gasteiger partial charge in [0.2, 0.25) is 0 Å². The maximum absolute atomic E-state index is 12.5. The summed E-state index contributed by atoms with van der Waals surface area (Å²) in [6.45, 7) is 10.8. The molecule has 4 nitrogen and oxygen atoms in total. The number of halogens is 2. The van der Waals surface area contributed by atoms with Crippen LogP contribution in [0.3, 0.4) is 0 Å². The number of nitrogens with zero attached hydrogens (tertiary/aromatic N) is 2. The minimum absolute atomic E-state index is 0.0971. The van der Waals surface area contributed by atoms with Crippen LogP contribution >= 0.6 is 11.6 Å². The van der Waals surface area contributed by atoms with E-state index in [1.807, 2.05) is 51.1 Å². The molecule has 0 heterocycles. The molecule has 142 valence electrons. The van der Waals surface area contributed by atoms with Crippen LogP contribution in [-0.2, 0) is 16.1 Å². The molecule has 0 saturated carbocycles. The van der Waals surface area contributed by atoms with Crippen molar-refractivity contribution in [1.82, 2.24) is 5.01 Å². The molecule has 0 atom stereocenters. The van der Waals surface area contributed by atoms with E-state index in [2.05, 4.69) is 11.8 Å². The van der Waals surface area contributed by atoms with Gasteiger partial charge in [0, 0.05) is 6.72 Å². The van der Waals surface area contributed by atoms with Gasteiger partial charge in [-0.15, -0.1) is 0 Å². The summed E-state index contributed by atoms with van der Waals surface area (Å²) in [4.78, 5) is 12.5. The predicted molar refractivity (Wildman–Crippen MR) is 106 cm³/mol. The van der Waals surface area contributed by atoms with Crippen molar-refractivity contribution in [2.45, 2.75) is 39.8 Å². The molecule has 6 heteroatoms. The van der Waals surface area contributed by atoms with Crippen molar-refractivity contribution in [2.24, 2.45) is 5.10 Å². The average molecular weight is 381 g/mol. The fraction of sp³-hybridized carbons (Fsp3) is 0.400. The highest BCUT2D eigenvalue weighted by molar-refractivity contribution is 6.42. The van der Waals surface area contributed by atoms with Crippen LogP contribution in [0.25, 0.3) is 6.08 Å². The third-order valence-corrected chi connectivity index (χ3v) is 3.96. The maximum atomic E-state index is 12.5. The average Bonchev–Trinajstić information content (AvgIpc) is 2.59. The summed E-state index contributed by atoms with van der Waals surface area (Å²) in [5.41, 5.74) is 2.03. The third-order valence-electron chi connectivity index (χ3n) is 3.50. The highest BCUT2D eigenvalue weighted by Crippen LogP contribution is 2.22. The van der Waals surface area contributed by atoms with Crippen LogP contribution in [0.5, 0.6) is 0 Å². The first-order valence-electron chi connectivity index (χ1n) is 8.29. The number of hydrogen-bond acceptors (Lipinski definition) is 3. The predicted octanol–water partition coefficient (Wildman–Crippen LogP) is 4.94. The minimum atomic E-state index is -0.511. The Bertz CT molecular complexity index is 676. The normalized spacial score (nSPS) is 12.8. The standard InChI is InChI=1S/C20H26ClFN2O2/c1-15(18(21)19(25)24(23-5)20(2,3)4)6-7-16-8-10-17(11-9-16)14-26-13-12-22/h6-11H,5,12-14H2,1-4H3/b7-6+,18-15-. The van der Waals surface area contributed by atoms with Gasteiger partial charge in [0.25, 0.3) is 5.91 Å². The third kappa shape index (κ3) is 6.73. The Morgan fingerprint density at radius 3 is 2.46 bits per heavy atom. The van der Waals surface area contributed by atoms with E-state index in [0.717, 1.165) is 11.1 Å². The SMILES string of the molecule is C=NN(C(=O)/C(Cl)=C(C)/C=C/c1ccc(COCCF)cc1)C(C)(C)C. The first-order chi connectivity index (χ1) is 12.2. The van der Waals surface area contributed by atoms with Crippen molar-refractivity contribution < 1.29 is 13.9 Å². The number of allylic oxidation sites excluding steroid dienone is 2. The Morgan fingerprint density at radius 2 is 1.96 bits per heavy atom. The van der Waals surface area contributed by atoms with Crippen LogP contribution in [-0.4, -0.2) is 36.5 Å². The number of carbonyl (C=O) groups is 1. The van der Waals surface area contributed by atoms with Gasteiger partial charge in [0.05, 0.1) is 18.8 Å². The number of hydrazone groups is 1. The van der Waals surface area contributed by atoms with E-state index in [-0.39, 0.29) is 11.6 Å². The van der Waals surface area contributed by atoms with E-state index in [4.69, 9.17) is 16.3 Å². The van der Waals surface area contributed by atoms with Crippen LogP contribution < -0.4 is 0 Å². The minimum Gasteiger partial charge on any atom is -0.374 e. The van der Waals surface area contributed by atoms with Crippen LogP contribution in [0.2, 0.25) is 0 Å². The van der Waals surface area contributed by atoms with Gasteiger partial charge in [-0.05, 0) is 44.4 Å². The number of amides is 1. The Labute approximate surface area is 160 Å². The second-order valence-electron chi connectivity index (χ2n) is 6.74. The van der Waals surface area contributed by atoms with E-state index in [9.17, 15) is 9.18 Å². The van der Waals surface area contributed by atoms with Gasteiger partial charge < -0.3 is 4.74 Å². The summed E-state index contributed by atoms with van der Waals surface area (Å²) in [6.07, 6.45) is 3.64. The molecule has 0 aromatic heterocycles. The van der Waals surface area contributed by atoms with Gasteiger partial charge in [-0.1, -0.05) is 48.0 Å². The Kier molecular flexibility index (Phi) is 8.69. The molecule has 26 heavy (non-hydrogen) atoms. The molecule has 0 aliphatic rings. The van der Waals surface area contributed by atoms with E-state index >= 15 is 0 Å². The molecule has 0 aliphatic carbocycles. The van der Waals surface area contributed by atoms with Gasteiger partial charge in [0.1, 0.15) is 11.7 Å². The van der Waals surface area contributed by atoms with Gasteiger partial charge in [-0.2, -0.15) is 5.10 Å². The lowest BCUT2D eigenvalue weighted by Crippen LogP contribution is -2.41. The summed E-state index contributed by atoms with van der Waals surface area (Å²) in [5, 5.41) is 5.14. The van der Waals surface area contributed by atoms with Crippen LogP contribution in [0.1, 0.15) is 38.8 Å². The van der Waals surface area contributed by atoms with Crippen LogP contribution in [0.15, 0.2) is 46.0 Å². The second kappa shape index (κ2) is 10.2. The first-order valence-corrected chi connectivity index (χ1v) is 8.66. The van der Waals surface area contributed by atoms with Crippen molar-refractivity contribution in [1.29, 1.82) is 0 Å². The van der Waals surface area contributed by atoms with Crippen LogP contribution in [0, 0.1) is 0 Å². The quantitative estimate of drug-likeness (QED) is 0.211.